The lowest BCUT2D eigenvalue weighted by Crippen LogP contribution is -2.67. The summed E-state index contributed by atoms with van der Waals surface area (Å²) in [5, 5.41) is 3.63. The Labute approximate surface area is 95.4 Å². The Hall–Kier alpha value is -0.0800. The van der Waals surface area contributed by atoms with Crippen molar-refractivity contribution in [1.29, 1.82) is 0 Å². The van der Waals surface area contributed by atoms with E-state index in [1.807, 2.05) is 0 Å². The van der Waals surface area contributed by atoms with Crippen LogP contribution in [0.4, 0.5) is 0 Å². The van der Waals surface area contributed by atoms with Gasteiger partial charge in [-0.1, -0.05) is 13.3 Å². The number of hydrogen-bond donors (Lipinski definition) is 1. The molecule has 0 radical (unpaired) electrons. The predicted molar refractivity (Wildman–Crippen MR) is 67.2 cm³/mol. The number of nitrogens with zero attached hydrogens (tertiary/aromatic N) is 1. The molecular formula is C13H28N2. The van der Waals surface area contributed by atoms with Crippen LogP contribution in [0.2, 0.25) is 0 Å². The van der Waals surface area contributed by atoms with Gasteiger partial charge in [0.25, 0.3) is 0 Å². The van der Waals surface area contributed by atoms with Crippen LogP contribution in [-0.4, -0.2) is 35.1 Å². The van der Waals surface area contributed by atoms with Crippen LogP contribution in [-0.2, 0) is 0 Å². The molecule has 1 saturated heterocycles. The van der Waals surface area contributed by atoms with Gasteiger partial charge in [-0.25, -0.2) is 0 Å². The Morgan fingerprint density at radius 1 is 1.27 bits per heavy atom. The summed E-state index contributed by atoms with van der Waals surface area (Å²) in [5.41, 5.74) is 0.557. The van der Waals surface area contributed by atoms with Crippen molar-refractivity contribution in [1.82, 2.24) is 10.2 Å². The van der Waals surface area contributed by atoms with Gasteiger partial charge in [0.1, 0.15) is 0 Å². The van der Waals surface area contributed by atoms with Gasteiger partial charge in [-0.05, 0) is 41.0 Å². The van der Waals surface area contributed by atoms with Crippen molar-refractivity contribution < 1.29 is 0 Å². The van der Waals surface area contributed by atoms with E-state index in [1.54, 1.807) is 0 Å². The molecule has 1 rings (SSSR count). The van der Waals surface area contributed by atoms with Crippen molar-refractivity contribution in [2.24, 2.45) is 0 Å². The number of nitrogens with one attached hydrogen (secondary N) is 1. The minimum absolute atomic E-state index is 0.261. The summed E-state index contributed by atoms with van der Waals surface area (Å²) >= 11 is 0. The Balaban J connectivity index is 2.72. The third-order valence-corrected chi connectivity index (χ3v) is 3.58. The molecule has 2 nitrogen and oxygen atoms in total. The normalized spacial score (nSPS) is 27.6. The average Bonchev–Trinajstić information content (AvgIpc) is 2.10. The lowest BCUT2D eigenvalue weighted by molar-refractivity contribution is 0.00557. The van der Waals surface area contributed by atoms with E-state index in [0.717, 1.165) is 13.1 Å². The molecule has 90 valence electrons. The summed E-state index contributed by atoms with van der Waals surface area (Å²) < 4.78 is 0. The van der Waals surface area contributed by atoms with Crippen molar-refractivity contribution in [2.45, 2.75) is 71.5 Å². The largest absolute Gasteiger partial charge is 0.309 e. The highest BCUT2D eigenvalue weighted by atomic mass is 15.3. The molecule has 1 aliphatic heterocycles. The van der Waals surface area contributed by atoms with Gasteiger partial charge < -0.3 is 5.32 Å². The molecule has 1 fully saturated rings. The van der Waals surface area contributed by atoms with Gasteiger partial charge >= 0.3 is 0 Å². The SMILES string of the molecule is CCCC(C)N1CC(C)(C)NCC1(C)C. The monoisotopic (exact) mass is 212 g/mol. The fourth-order valence-electron chi connectivity index (χ4n) is 2.58. The zero-order valence-corrected chi connectivity index (χ0v) is 11.4. The van der Waals surface area contributed by atoms with Crippen LogP contribution in [0.3, 0.4) is 0 Å². The molecule has 0 aliphatic carbocycles. The fraction of sp³-hybridized carbons (Fsp3) is 1.00. The summed E-state index contributed by atoms with van der Waals surface area (Å²) in [6, 6.07) is 0.700. The molecule has 1 atom stereocenters. The maximum atomic E-state index is 3.63. The van der Waals surface area contributed by atoms with E-state index in [0.29, 0.717) is 11.6 Å². The molecule has 0 spiro atoms. The van der Waals surface area contributed by atoms with Crippen LogP contribution in [0.1, 0.15) is 54.4 Å². The quantitative estimate of drug-likeness (QED) is 0.773. The van der Waals surface area contributed by atoms with E-state index in [-0.39, 0.29) is 5.54 Å². The Bertz CT molecular complexity index is 209. The van der Waals surface area contributed by atoms with Crippen molar-refractivity contribution in [2.75, 3.05) is 13.1 Å². The van der Waals surface area contributed by atoms with Crippen LogP contribution >= 0.6 is 0 Å². The molecule has 15 heavy (non-hydrogen) atoms. The summed E-state index contributed by atoms with van der Waals surface area (Å²) in [7, 11) is 0. The molecule has 0 bridgehead atoms. The molecule has 1 unspecified atom stereocenters. The van der Waals surface area contributed by atoms with E-state index in [1.165, 1.54) is 12.8 Å². The first-order valence-electron chi connectivity index (χ1n) is 6.30. The minimum Gasteiger partial charge on any atom is -0.309 e. The first-order chi connectivity index (χ1) is 6.78. The first kappa shape index (κ1) is 13.0. The third kappa shape index (κ3) is 3.18. The highest BCUT2D eigenvalue weighted by Gasteiger charge is 2.39. The zero-order chi connectivity index (χ0) is 11.7. The minimum atomic E-state index is 0.261. The molecule has 0 aromatic carbocycles. The number of piperazine rings is 1. The van der Waals surface area contributed by atoms with E-state index in [4.69, 9.17) is 0 Å². The average molecular weight is 212 g/mol. The standard InChI is InChI=1S/C13H28N2/c1-7-8-11(2)15-10-12(3,4)14-9-13(15,5)6/h11,14H,7-10H2,1-6H3. The van der Waals surface area contributed by atoms with Crippen molar-refractivity contribution in [3.63, 3.8) is 0 Å². The van der Waals surface area contributed by atoms with E-state index in [9.17, 15) is 0 Å². The topological polar surface area (TPSA) is 15.3 Å². The molecule has 1 N–H and O–H groups in total. The predicted octanol–water partition coefficient (Wildman–Crippen LogP) is 2.64. The van der Waals surface area contributed by atoms with Gasteiger partial charge in [-0.2, -0.15) is 0 Å². The third-order valence-electron chi connectivity index (χ3n) is 3.58. The Morgan fingerprint density at radius 2 is 1.87 bits per heavy atom. The van der Waals surface area contributed by atoms with E-state index in [2.05, 4.69) is 51.8 Å². The highest BCUT2D eigenvalue weighted by Crippen LogP contribution is 2.26. The summed E-state index contributed by atoms with van der Waals surface area (Å²) in [6.45, 7) is 16.2. The molecule has 1 aliphatic rings. The molecule has 1 heterocycles. The van der Waals surface area contributed by atoms with Crippen molar-refractivity contribution >= 4 is 0 Å². The lowest BCUT2D eigenvalue weighted by atomic mass is 9.89. The van der Waals surface area contributed by atoms with Crippen LogP contribution in [0.5, 0.6) is 0 Å². The molecule has 2 heteroatoms. The highest BCUT2D eigenvalue weighted by molar-refractivity contribution is 4.99. The van der Waals surface area contributed by atoms with E-state index >= 15 is 0 Å². The molecule has 0 saturated carbocycles. The number of hydrogen-bond acceptors (Lipinski definition) is 2. The Morgan fingerprint density at radius 3 is 2.40 bits per heavy atom. The van der Waals surface area contributed by atoms with Gasteiger partial charge in [-0.3, -0.25) is 4.90 Å². The summed E-state index contributed by atoms with van der Waals surface area (Å²) in [4.78, 5) is 2.67. The maximum Gasteiger partial charge on any atom is 0.0281 e. The second-order valence-corrected chi connectivity index (χ2v) is 6.32. The van der Waals surface area contributed by atoms with Gasteiger partial charge in [0.2, 0.25) is 0 Å². The van der Waals surface area contributed by atoms with Gasteiger partial charge in [0, 0.05) is 30.2 Å². The van der Waals surface area contributed by atoms with Crippen LogP contribution in [0, 0.1) is 0 Å². The maximum absolute atomic E-state index is 3.63. The lowest BCUT2D eigenvalue weighted by Gasteiger charge is -2.52. The number of rotatable bonds is 3. The summed E-state index contributed by atoms with van der Waals surface area (Å²) in [5.74, 6) is 0. The molecule has 0 aromatic rings. The van der Waals surface area contributed by atoms with Gasteiger partial charge in [0.15, 0.2) is 0 Å². The Kier molecular flexibility index (Phi) is 3.83. The fourth-order valence-corrected chi connectivity index (χ4v) is 2.58. The van der Waals surface area contributed by atoms with Crippen LogP contribution in [0.25, 0.3) is 0 Å². The first-order valence-corrected chi connectivity index (χ1v) is 6.30. The van der Waals surface area contributed by atoms with Crippen molar-refractivity contribution in [3.05, 3.63) is 0 Å². The smallest absolute Gasteiger partial charge is 0.0281 e. The second kappa shape index (κ2) is 4.42. The van der Waals surface area contributed by atoms with Gasteiger partial charge in [-0.15, -0.1) is 0 Å². The second-order valence-electron chi connectivity index (χ2n) is 6.32. The molecule has 0 aromatic heterocycles. The van der Waals surface area contributed by atoms with Crippen molar-refractivity contribution in [3.8, 4) is 0 Å². The summed E-state index contributed by atoms with van der Waals surface area (Å²) in [6.07, 6.45) is 2.58. The molecular weight excluding hydrogens is 184 g/mol. The van der Waals surface area contributed by atoms with Crippen LogP contribution in [0.15, 0.2) is 0 Å². The molecule has 0 amide bonds. The zero-order valence-electron chi connectivity index (χ0n) is 11.4. The van der Waals surface area contributed by atoms with Gasteiger partial charge in [0.05, 0.1) is 0 Å². The van der Waals surface area contributed by atoms with Crippen LogP contribution < -0.4 is 5.32 Å². The van der Waals surface area contributed by atoms with E-state index < -0.39 is 0 Å².